The zero-order valence-electron chi connectivity index (χ0n) is 9.89. The second-order valence-corrected chi connectivity index (χ2v) is 5.06. The molecule has 0 saturated carbocycles. The summed E-state index contributed by atoms with van der Waals surface area (Å²) in [7, 11) is 0. The van der Waals surface area contributed by atoms with Gasteiger partial charge >= 0.3 is 5.97 Å². The van der Waals surface area contributed by atoms with Crippen LogP contribution in [-0.4, -0.2) is 5.97 Å². The van der Waals surface area contributed by atoms with Crippen molar-refractivity contribution in [2.75, 3.05) is 0 Å². The minimum atomic E-state index is -1.78. The maximum atomic E-state index is 13.5. The summed E-state index contributed by atoms with van der Waals surface area (Å²) in [5.41, 5.74) is -0.795. The third-order valence-electron chi connectivity index (χ3n) is 2.41. The van der Waals surface area contributed by atoms with E-state index in [0.717, 1.165) is 6.07 Å². The Bertz CT molecular complexity index is 712. The molecule has 0 N–H and O–H groups in total. The largest absolute Gasteiger partial charge is 0.420 e. The molecule has 0 atom stereocenters. The summed E-state index contributed by atoms with van der Waals surface area (Å²) < 4.78 is 44.2. The molecule has 0 amide bonds. The van der Waals surface area contributed by atoms with Crippen LogP contribution in [0.2, 0.25) is 15.1 Å². The number of rotatable bonds is 2. The highest BCUT2D eigenvalue weighted by Crippen LogP contribution is 2.36. The van der Waals surface area contributed by atoms with Gasteiger partial charge in [-0.1, -0.05) is 34.8 Å². The number of ether oxygens (including phenoxy) is 1. The van der Waals surface area contributed by atoms with E-state index in [-0.39, 0.29) is 20.8 Å². The third kappa shape index (κ3) is 3.26. The maximum absolute atomic E-state index is 13.5. The van der Waals surface area contributed by atoms with Crippen LogP contribution < -0.4 is 4.74 Å². The summed E-state index contributed by atoms with van der Waals surface area (Å²) in [6.45, 7) is 0. The number of hydrogen-bond donors (Lipinski definition) is 0. The number of esters is 1. The summed E-state index contributed by atoms with van der Waals surface area (Å²) in [6.07, 6.45) is 0. The lowest BCUT2D eigenvalue weighted by atomic mass is 10.2. The highest BCUT2D eigenvalue weighted by Gasteiger charge is 2.22. The minimum Gasteiger partial charge on any atom is -0.420 e. The molecule has 0 fully saturated rings. The molecule has 0 aliphatic rings. The first kappa shape index (κ1) is 15.9. The van der Waals surface area contributed by atoms with Crippen molar-refractivity contribution >= 4 is 40.8 Å². The number of halogens is 6. The fourth-order valence-electron chi connectivity index (χ4n) is 1.46. The van der Waals surface area contributed by atoms with Gasteiger partial charge in [-0.3, -0.25) is 0 Å². The van der Waals surface area contributed by atoms with Gasteiger partial charge in [-0.15, -0.1) is 0 Å². The zero-order chi connectivity index (χ0) is 15.7. The van der Waals surface area contributed by atoms with E-state index in [1.807, 2.05) is 0 Å². The van der Waals surface area contributed by atoms with Crippen LogP contribution in [0.4, 0.5) is 13.2 Å². The molecule has 8 heteroatoms. The summed E-state index contributed by atoms with van der Waals surface area (Å²) in [4.78, 5) is 11.8. The van der Waals surface area contributed by atoms with Crippen molar-refractivity contribution in [3.63, 3.8) is 0 Å². The van der Waals surface area contributed by atoms with Crippen molar-refractivity contribution in [2.24, 2.45) is 0 Å². The molecule has 0 saturated heterocycles. The number of carbonyl (C=O) groups excluding carboxylic acids is 1. The Labute approximate surface area is 132 Å². The highest BCUT2D eigenvalue weighted by molar-refractivity contribution is 6.40. The molecule has 2 aromatic carbocycles. The van der Waals surface area contributed by atoms with Gasteiger partial charge in [0.15, 0.2) is 23.2 Å². The van der Waals surface area contributed by atoms with E-state index >= 15 is 0 Å². The molecule has 21 heavy (non-hydrogen) atoms. The smallest absolute Gasteiger partial charge is 0.346 e. The average molecular weight is 356 g/mol. The molecule has 2 nitrogen and oxygen atoms in total. The maximum Gasteiger partial charge on any atom is 0.346 e. The van der Waals surface area contributed by atoms with E-state index in [9.17, 15) is 18.0 Å². The van der Waals surface area contributed by atoms with E-state index in [1.165, 1.54) is 12.1 Å². The predicted octanol–water partition coefficient (Wildman–Crippen LogP) is 5.28. The van der Waals surface area contributed by atoms with Crippen LogP contribution in [0.3, 0.4) is 0 Å². The Morgan fingerprint density at radius 3 is 2.10 bits per heavy atom. The quantitative estimate of drug-likeness (QED) is 0.416. The van der Waals surface area contributed by atoms with Crippen LogP contribution in [0.15, 0.2) is 24.3 Å². The minimum absolute atomic E-state index is 0.0937. The number of carbonyl (C=O) groups is 1. The first-order chi connectivity index (χ1) is 9.81. The molecule has 0 aliphatic carbocycles. The number of hydrogen-bond acceptors (Lipinski definition) is 2. The Kier molecular flexibility index (Phi) is 4.66. The van der Waals surface area contributed by atoms with Gasteiger partial charge in [0.2, 0.25) is 0 Å². The summed E-state index contributed by atoms with van der Waals surface area (Å²) in [6, 6.07) is 3.84. The average Bonchev–Trinajstić information content (AvgIpc) is 2.40. The second kappa shape index (κ2) is 6.13. The van der Waals surface area contributed by atoms with Gasteiger partial charge in [0.1, 0.15) is 0 Å². The van der Waals surface area contributed by atoms with E-state index in [2.05, 4.69) is 0 Å². The highest BCUT2D eigenvalue weighted by atomic mass is 35.5. The van der Waals surface area contributed by atoms with Crippen molar-refractivity contribution in [1.82, 2.24) is 0 Å². The van der Waals surface area contributed by atoms with Crippen molar-refractivity contribution in [1.29, 1.82) is 0 Å². The van der Waals surface area contributed by atoms with Crippen LogP contribution >= 0.6 is 34.8 Å². The van der Waals surface area contributed by atoms with Gasteiger partial charge in [-0.2, -0.15) is 0 Å². The molecule has 0 spiro atoms. The molecule has 0 heterocycles. The van der Waals surface area contributed by atoms with Gasteiger partial charge in [-0.25, -0.2) is 18.0 Å². The summed E-state index contributed by atoms with van der Waals surface area (Å²) in [5.74, 6) is -6.42. The van der Waals surface area contributed by atoms with Crippen LogP contribution in [-0.2, 0) is 0 Å². The molecule has 2 rings (SSSR count). The summed E-state index contributed by atoms with van der Waals surface area (Å²) in [5, 5.41) is 0.0106. The molecular weight excluding hydrogens is 351 g/mol. The van der Waals surface area contributed by atoms with E-state index < -0.39 is 29.0 Å². The molecule has 110 valence electrons. The molecule has 0 unspecified atom stereocenters. The van der Waals surface area contributed by atoms with Crippen molar-refractivity contribution < 1.29 is 22.7 Å². The lowest BCUT2D eigenvalue weighted by Gasteiger charge is -2.09. The fraction of sp³-hybridized carbons (Fsp3) is 0. The van der Waals surface area contributed by atoms with E-state index in [0.29, 0.717) is 6.07 Å². The van der Waals surface area contributed by atoms with Gasteiger partial charge in [0.05, 0.1) is 15.6 Å². The lowest BCUT2D eigenvalue weighted by molar-refractivity contribution is 0.0728. The van der Waals surface area contributed by atoms with Gasteiger partial charge < -0.3 is 4.74 Å². The second-order valence-electron chi connectivity index (χ2n) is 3.81. The lowest BCUT2D eigenvalue weighted by Crippen LogP contribution is -2.13. The topological polar surface area (TPSA) is 26.3 Å². The number of benzene rings is 2. The van der Waals surface area contributed by atoms with Crippen LogP contribution in [0.5, 0.6) is 5.75 Å². The Hall–Kier alpha value is -1.43. The van der Waals surface area contributed by atoms with E-state index in [4.69, 9.17) is 39.5 Å². The van der Waals surface area contributed by atoms with E-state index in [1.54, 1.807) is 0 Å². The monoisotopic (exact) mass is 354 g/mol. The Morgan fingerprint density at radius 2 is 1.52 bits per heavy atom. The van der Waals surface area contributed by atoms with Crippen molar-refractivity contribution in [3.8, 4) is 5.75 Å². The first-order valence-corrected chi connectivity index (χ1v) is 6.45. The van der Waals surface area contributed by atoms with Gasteiger partial charge in [0, 0.05) is 5.02 Å². The van der Waals surface area contributed by atoms with Crippen LogP contribution in [0, 0.1) is 17.5 Å². The van der Waals surface area contributed by atoms with Gasteiger partial charge in [-0.05, 0) is 24.3 Å². The molecule has 2 aromatic rings. The first-order valence-electron chi connectivity index (χ1n) is 5.31. The van der Waals surface area contributed by atoms with Crippen molar-refractivity contribution in [3.05, 3.63) is 62.3 Å². The van der Waals surface area contributed by atoms with Crippen molar-refractivity contribution in [2.45, 2.75) is 0 Å². The van der Waals surface area contributed by atoms with Crippen LogP contribution in [0.1, 0.15) is 10.4 Å². The molecule has 0 aromatic heterocycles. The summed E-state index contributed by atoms with van der Waals surface area (Å²) >= 11 is 17.3. The normalized spacial score (nSPS) is 10.6. The standard InChI is InChI=1S/C13H4Cl3F3O2/c14-5-3-7(15)12(8(16)4-5)21-13(20)6-1-2-9(17)11(19)10(6)18/h1-4H. The third-order valence-corrected chi connectivity index (χ3v) is 3.19. The molecule has 0 bridgehead atoms. The van der Waals surface area contributed by atoms with Gasteiger partial charge in [0.25, 0.3) is 0 Å². The molecule has 0 aliphatic heterocycles. The van der Waals surface area contributed by atoms with Crippen LogP contribution in [0.25, 0.3) is 0 Å². The zero-order valence-corrected chi connectivity index (χ0v) is 12.2. The Balaban J connectivity index is 2.38. The molecule has 0 radical (unpaired) electrons. The molecular formula is C13H4Cl3F3O2. The SMILES string of the molecule is O=C(Oc1c(Cl)cc(Cl)cc1Cl)c1ccc(F)c(F)c1F. The predicted molar refractivity (Wildman–Crippen MR) is 72.7 cm³/mol. The Morgan fingerprint density at radius 1 is 0.952 bits per heavy atom. The fourth-order valence-corrected chi connectivity index (χ4v) is 2.35.